The lowest BCUT2D eigenvalue weighted by molar-refractivity contribution is 0.154. The quantitative estimate of drug-likeness (QED) is 0.833. The van der Waals surface area contributed by atoms with E-state index in [-0.39, 0.29) is 4.73 Å². The number of nitrogens with zero attached hydrogens (tertiary/aromatic N) is 2. The Morgan fingerprint density at radius 2 is 2.10 bits per heavy atom. The van der Waals surface area contributed by atoms with E-state index < -0.39 is 11.2 Å². The molecule has 1 heterocycles. The van der Waals surface area contributed by atoms with Crippen molar-refractivity contribution in [3.05, 3.63) is 73.6 Å². The molecule has 3 rings (SSSR count). The Morgan fingerprint density at radius 1 is 1.30 bits per heavy atom. The fraction of sp³-hybridized carbons (Fsp3) is 0.200. The first-order chi connectivity index (χ1) is 9.58. The highest BCUT2D eigenvalue weighted by molar-refractivity contribution is 5.55. The van der Waals surface area contributed by atoms with Gasteiger partial charge in [0.1, 0.15) is 0 Å². The lowest BCUT2D eigenvalue weighted by Crippen LogP contribution is -2.41. The van der Waals surface area contributed by atoms with Crippen LogP contribution in [0, 0.1) is 6.92 Å². The number of fused-ring (bicyclic) bond motifs is 1. The van der Waals surface area contributed by atoms with Crippen LogP contribution in [-0.2, 0) is 13.0 Å². The highest BCUT2D eigenvalue weighted by atomic mass is 16.5. The minimum Gasteiger partial charge on any atom is -0.421 e. The number of aryl methyl sites for hydroxylation is 1. The lowest BCUT2D eigenvalue weighted by Gasteiger charge is -2.12. The molecule has 0 saturated carbocycles. The van der Waals surface area contributed by atoms with Gasteiger partial charge in [0, 0.05) is 5.56 Å². The summed E-state index contributed by atoms with van der Waals surface area (Å²) in [6, 6.07) is 7.78. The molecule has 0 amide bonds. The van der Waals surface area contributed by atoms with Gasteiger partial charge in [0.2, 0.25) is 0 Å². The Bertz CT molecular complexity index is 828. The second-order valence-electron chi connectivity index (χ2n) is 4.95. The molecule has 2 aromatic rings. The minimum atomic E-state index is -0.707. The van der Waals surface area contributed by atoms with Crippen LogP contribution in [0.1, 0.15) is 22.4 Å². The molecule has 1 N–H and O–H groups in total. The van der Waals surface area contributed by atoms with Gasteiger partial charge in [-0.2, -0.15) is 0 Å². The van der Waals surface area contributed by atoms with E-state index in [0.29, 0.717) is 24.2 Å². The molecule has 0 spiro atoms. The van der Waals surface area contributed by atoms with Gasteiger partial charge in [0.15, 0.2) is 0 Å². The van der Waals surface area contributed by atoms with Crippen molar-refractivity contribution in [2.75, 3.05) is 0 Å². The first-order valence-corrected chi connectivity index (χ1v) is 6.38. The van der Waals surface area contributed by atoms with E-state index in [0.717, 1.165) is 11.1 Å². The van der Waals surface area contributed by atoms with Crippen LogP contribution in [0.2, 0.25) is 0 Å². The Hall–Kier alpha value is -2.56. The number of hydrogen-bond donors (Lipinski definition) is 1. The fourth-order valence-corrected chi connectivity index (χ4v) is 2.52. The van der Waals surface area contributed by atoms with Crippen molar-refractivity contribution < 1.29 is 5.21 Å². The van der Waals surface area contributed by atoms with Gasteiger partial charge in [-0.1, -0.05) is 40.6 Å². The van der Waals surface area contributed by atoms with E-state index in [4.69, 9.17) is 0 Å². The molecular formula is C15H14N2O3. The molecule has 0 aliphatic heterocycles. The van der Waals surface area contributed by atoms with Crippen molar-refractivity contribution in [1.29, 1.82) is 0 Å². The van der Waals surface area contributed by atoms with Crippen LogP contribution in [0.3, 0.4) is 0 Å². The van der Waals surface area contributed by atoms with Crippen molar-refractivity contribution in [3.63, 3.8) is 0 Å². The van der Waals surface area contributed by atoms with Crippen molar-refractivity contribution in [2.45, 2.75) is 19.9 Å². The third kappa shape index (κ3) is 1.87. The van der Waals surface area contributed by atoms with Crippen LogP contribution >= 0.6 is 0 Å². The summed E-state index contributed by atoms with van der Waals surface area (Å²) < 4.78 is 1.62. The molecule has 0 atom stereocenters. The number of hydrogen-bond acceptors (Lipinski definition) is 3. The van der Waals surface area contributed by atoms with E-state index >= 15 is 0 Å². The maximum absolute atomic E-state index is 12.1. The zero-order valence-electron chi connectivity index (χ0n) is 11.0. The Morgan fingerprint density at radius 3 is 2.85 bits per heavy atom. The van der Waals surface area contributed by atoms with E-state index in [2.05, 4.69) is 0 Å². The summed E-state index contributed by atoms with van der Waals surface area (Å²) in [5.41, 5.74) is 1.76. The summed E-state index contributed by atoms with van der Waals surface area (Å²) in [4.78, 5) is 23.9. The average Bonchev–Trinajstić information content (AvgIpc) is 2.90. The summed E-state index contributed by atoms with van der Waals surface area (Å²) in [6.07, 6.45) is 4.02. The number of benzene rings is 1. The van der Waals surface area contributed by atoms with Crippen molar-refractivity contribution in [2.24, 2.45) is 0 Å². The molecule has 1 aromatic heterocycles. The van der Waals surface area contributed by atoms with Gasteiger partial charge >= 0.3 is 5.69 Å². The smallest absolute Gasteiger partial charge is 0.365 e. The lowest BCUT2D eigenvalue weighted by atomic mass is 10.1. The second-order valence-corrected chi connectivity index (χ2v) is 4.95. The van der Waals surface area contributed by atoms with Crippen LogP contribution in [0.15, 0.2) is 39.9 Å². The third-order valence-corrected chi connectivity index (χ3v) is 3.48. The number of allylic oxidation sites excluding steroid dienone is 1. The molecule has 0 bridgehead atoms. The van der Waals surface area contributed by atoms with Crippen molar-refractivity contribution >= 4 is 6.08 Å². The molecule has 20 heavy (non-hydrogen) atoms. The summed E-state index contributed by atoms with van der Waals surface area (Å²) in [5.74, 6) is 0. The van der Waals surface area contributed by atoms with Gasteiger partial charge in [0.05, 0.1) is 12.2 Å². The van der Waals surface area contributed by atoms with Crippen molar-refractivity contribution in [1.82, 2.24) is 9.30 Å². The summed E-state index contributed by atoms with van der Waals surface area (Å²) in [6.45, 7) is 2.30. The summed E-state index contributed by atoms with van der Waals surface area (Å²) in [5, 5.41) is 9.63. The molecule has 5 heteroatoms. The number of rotatable bonds is 2. The SMILES string of the molecule is Cc1cccc(Cn2c3c(c(=O)n(O)c2=O)CC=C3)c1. The van der Waals surface area contributed by atoms with Gasteiger partial charge in [-0.15, -0.1) is 0 Å². The molecule has 1 aliphatic rings. The van der Waals surface area contributed by atoms with Gasteiger partial charge in [-0.05, 0) is 25.0 Å². The predicted octanol–water partition coefficient (Wildman–Crippen LogP) is 1.17. The van der Waals surface area contributed by atoms with E-state index in [9.17, 15) is 14.8 Å². The molecule has 1 aromatic carbocycles. The van der Waals surface area contributed by atoms with Crippen LogP contribution < -0.4 is 11.2 Å². The molecule has 5 nitrogen and oxygen atoms in total. The zero-order chi connectivity index (χ0) is 14.3. The highest BCUT2D eigenvalue weighted by Gasteiger charge is 2.19. The molecule has 0 fully saturated rings. The van der Waals surface area contributed by atoms with Crippen molar-refractivity contribution in [3.8, 4) is 0 Å². The normalized spacial score (nSPS) is 12.7. The third-order valence-electron chi connectivity index (χ3n) is 3.48. The Kier molecular flexibility index (Phi) is 2.82. The predicted molar refractivity (Wildman–Crippen MR) is 75.2 cm³/mol. The molecular weight excluding hydrogens is 256 g/mol. The minimum absolute atomic E-state index is 0.196. The maximum atomic E-state index is 12.1. The molecule has 0 radical (unpaired) electrons. The molecule has 102 valence electrons. The summed E-state index contributed by atoms with van der Waals surface area (Å²) in [7, 11) is 0. The summed E-state index contributed by atoms with van der Waals surface area (Å²) >= 11 is 0. The Balaban J connectivity index is 2.18. The van der Waals surface area contributed by atoms with E-state index in [1.54, 1.807) is 6.08 Å². The Labute approximate surface area is 115 Å². The first-order valence-electron chi connectivity index (χ1n) is 6.38. The monoisotopic (exact) mass is 270 g/mol. The van der Waals surface area contributed by atoms with E-state index in [1.807, 2.05) is 37.3 Å². The van der Waals surface area contributed by atoms with Crippen LogP contribution in [0.4, 0.5) is 0 Å². The topological polar surface area (TPSA) is 64.2 Å². The first kappa shape index (κ1) is 12.5. The zero-order valence-corrected chi connectivity index (χ0v) is 11.0. The van der Waals surface area contributed by atoms with Crippen LogP contribution in [-0.4, -0.2) is 14.5 Å². The number of aromatic nitrogens is 2. The molecule has 1 aliphatic carbocycles. The maximum Gasteiger partial charge on any atom is 0.365 e. The van der Waals surface area contributed by atoms with E-state index in [1.165, 1.54) is 4.57 Å². The van der Waals surface area contributed by atoms with Crippen LogP contribution in [0.25, 0.3) is 6.08 Å². The highest BCUT2D eigenvalue weighted by Crippen LogP contribution is 2.15. The molecule has 0 unspecified atom stereocenters. The average molecular weight is 270 g/mol. The van der Waals surface area contributed by atoms with Gasteiger partial charge in [0.25, 0.3) is 5.56 Å². The largest absolute Gasteiger partial charge is 0.421 e. The fourth-order valence-electron chi connectivity index (χ4n) is 2.52. The van der Waals surface area contributed by atoms with Crippen LogP contribution in [0.5, 0.6) is 0 Å². The van der Waals surface area contributed by atoms with Gasteiger partial charge in [-0.25, -0.2) is 4.79 Å². The standard InChI is InChI=1S/C15H14N2O3/c1-10-4-2-5-11(8-10)9-16-13-7-3-6-12(13)14(18)17(20)15(16)19/h2-5,7-8,20H,6,9H2,1H3. The van der Waals surface area contributed by atoms with Gasteiger partial charge < -0.3 is 5.21 Å². The molecule has 0 saturated heterocycles. The second kappa shape index (κ2) is 4.52. The van der Waals surface area contributed by atoms with Gasteiger partial charge in [-0.3, -0.25) is 9.36 Å².